The van der Waals surface area contributed by atoms with Crippen molar-refractivity contribution in [3.05, 3.63) is 59.4 Å². The number of imidazole rings is 1. The van der Waals surface area contributed by atoms with Crippen LogP contribution in [-0.2, 0) is 0 Å². The fraction of sp³-hybridized carbons (Fsp3) is 0. The van der Waals surface area contributed by atoms with Gasteiger partial charge in [-0.1, -0.05) is 30.3 Å². The van der Waals surface area contributed by atoms with Crippen LogP contribution < -0.4 is 10.7 Å². The molecule has 3 N–H and O–H groups in total. The second kappa shape index (κ2) is 5.44. The van der Waals surface area contributed by atoms with E-state index in [1.807, 2.05) is 54.6 Å². The van der Waals surface area contributed by atoms with E-state index in [2.05, 4.69) is 15.7 Å². The fourth-order valence-corrected chi connectivity index (χ4v) is 2.41. The number of nitrogens with zero attached hydrogens (tertiary/aromatic N) is 1. The molecule has 0 spiro atoms. The van der Waals surface area contributed by atoms with Crippen LogP contribution in [0.4, 0.5) is 5.69 Å². The van der Waals surface area contributed by atoms with E-state index in [4.69, 9.17) is 24.4 Å². The molecule has 0 saturated carbocycles. The Morgan fingerprint density at radius 3 is 2.50 bits per heavy atom. The third kappa shape index (κ3) is 2.56. The van der Waals surface area contributed by atoms with Gasteiger partial charge in [0.15, 0.2) is 9.88 Å². The number of aromatic nitrogens is 2. The van der Waals surface area contributed by atoms with Gasteiger partial charge in [0.2, 0.25) is 0 Å². The van der Waals surface area contributed by atoms with Gasteiger partial charge in [-0.2, -0.15) is 0 Å². The Morgan fingerprint density at radius 2 is 1.70 bits per heavy atom. The van der Waals surface area contributed by atoms with E-state index in [0.717, 1.165) is 16.7 Å². The molecule has 2 aromatic carbocycles. The van der Waals surface area contributed by atoms with Crippen molar-refractivity contribution in [3.8, 4) is 0 Å². The van der Waals surface area contributed by atoms with Crippen LogP contribution in [0, 0.1) is 4.77 Å². The van der Waals surface area contributed by atoms with Crippen LogP contribution in [0.2, 0.25) is 0 Å². The van der Waals surface area contributed by atoms with E-state index in [1.165, 1.54) is 0 Å². The Labute approximate surface area is 126 Å². The predicted octanol–water partition coefficient (Wildman–Crippen LogP) is 3.64. The number of fused-ring (bicyclic) bond motifs is 1. The summed E-state index contributed by atoms with van der Waals surface area (Å²) in [5, 5.41) is 3.59. The first kappa shape index (κ1) is 12.8. The number of H-pyrrole nitrogens is 1. The zero-order valence-corrected chi connectivity index (χ0v) is 12.1. The average Bonchev–Trinajstić information content (AvgIpc) is 2.76. The molecule has 4 nitrogen and oxygen atoms in total. The molecular formula is C14H12N4S2. The summed E-state index contributed by atoms with van der Waals surface area (Å²) < 4.78 is 2.33. The molecule has 0 radical (unpaired) electrons. The van der Waals surface area contributed by atoms with E-state index < -0.39 is 0 Å². The number of para-hydroxylation sites is 3. The lowest BCUT2D eigenvalue weighted by Crippen LogP contribution is -2.27. The number of nitrogens with one attached hydrogen (secondary N) is 3. The molecule has 0 bridgehead atoms. The number of hydrogen-bond donors (Lipinski definition) is 3. The molecule has 0 saturated heterocycles. The van der Waals surface area contributed by atoms with Crippen LogP contribution in [-0.4, -0.2) is 14.8 Å². The normalized spacial score (nSPS) is 10.4. The molecule has 1 heterocycles. The average molecular weight is 300 g/mol. The smallest absolute Gasteiger partial charge is 0.197 e. The highest BCUT2D eigenvalue weighted by molar-refractivity contribution is 7.80. The summed E-state index contributed by atoms with van der Waals surface area (Å²) in [5.74, 6) is 0. The van der Waals surface area contributed by atoms with Crippen molar-refractivity contribution in [2.75, 3.05) is 10.7 Å². The van der Waals surface area contributed by atoms with Gasteiger partial charge in [0.1, 0.15) is 0 Å². The highest BCUT2D eigenvalue weighted by Crippen LogP contribution is 2.12. The summed E-state index contributed by atoms with van der Waals surface area (Å²) in [5.41, 5.74) is 5.93. The summed E-state index contributed by atoms with van der Waals surface area (Å²) >= 11 is 10.6. The lowest BCUT2D eigenvalue weighted by molar-refractivity contribution is 0.988. The molecule has 100 valence electrons. The molecule has 0 aliphatic rings. The molecule has 0 amide bonds. The lowest BCUT2D eigenvalue weighted by atomic mass is 10.3. The number of rotatable bonds is 2. The molecule has 6 heteroatoms. The standard InChI is InChI=1S/C14H12N4S2/c19-13(15-10-6-2-1-3-7-10)17-18-12-9-5-4-8-11(12)16-14(18)20/h1-9H,(H,16,20)(H2,15,17,19). The van der Waals surface area contributed by atoms with E-state index >= 15 is 0 Å². The van der Waals surface area contributed by atoms with Crippen molar-refractivity contribution in [1.82, 2.24) is 9.66 Å². The van der Waals surface area contributed by atoms with Gasteiger partial charge in [-0.25, -0.2) is 4.68 Å². The molecule has 20 heavy (non-hydrogen) atoms. The van der Waals surface area contributed by atoms with Crippen molar-refractivity contribution in [2.45, 2.75) is 0 Å². The van der Waals surface area contributed by atoms with Gasteiger partial charge in [0.05, 0.1) is 11.0 Å². The van der Waals surface area contributed by atoms with Crippen LogP contribution in [0.3, 0.4) is 0 Å². The van der Waals surface area contributed by atoms with Gasteiger partial charge in [-0.05, 0) is 48.7 Å². The maximum absolute atomic E-state index is 5.30. The second-order valence-corrected chi connectivity index (χ2v) is 5.01. The van der Waals surface area contributed by atoms with Gasteiger partial charge in [0.25, 0.3) is 0 Å². The minimum atomic E-state index is 0.483. The van der Waals surface area contributed by atoms with Crippen LogP contribution in [0.5, 0.6) is 0 Å². The summed E-state index contributed by atoms with van der Waals surface area (Å²) in [6, 6.07) is 17.6. The van der Waals surface area contributed by atoms with Gasteiger partial charge in [-0.15, -0.1) is 0 Å². The number of hydrogen-bond acceptors (Lipinski definition) is 2. The first-order valence-electron chi connectivity index (χ1n) is 6.07. The van der Waals surface area contributed by atoms with Crippen molar-refractivity contribution in [2.24, 2.45) is 0 Å². The summed E-state index contributed by atoms with van der Waals surface area (Å²) in [7, 11) is 0. The lowest BCUT2D eigenvalue weighted by Gasteiger charge is -2.11. The number of thiocarbonyl (C=S) groups is 1. The van der Waals surface area contributed by atoms with Crippen molar-refractivity contribution in [3.63, 3.8) is 0 Å². The Balaban J connectivity index is 1.85. The topological polar surface area (TPSA) is 44.8 Å². The minimum Gasteiger partial charge on any atom is -0.331 e. The summed E-state index contributed by atoms with van der Waals surface area (Å²) in [6.45, 7) is 0. The number of aromatic amines is 1. The fourth-order valence-electron chi connectivity index (χ4n) is 1.95. The molecule has 0 fully saturated rings. The number of anilines is 1. The molecule has 0 unspecified atom stereocenters. The Hall–Kier alpha value is -2.18. The third-order valence-corrected chi connectivity index (χ3v) is 3.31. The Bertz CT molecular complexity index is 805. The largest absolute Gasteiger partial charge is 0.331 e. The van der Waals surface area contributed by atoms with Crippen molar-refractivity contribution in [1.29, 1.82) is 0 Å². The Kier molecular flexibility index (Phi) is 3.49. The highest BCUT2D eigenvalue weighted by atomic mass is 32.1. The van der Waals surface area contributed by atoms with E-state index in [1.54, 1.807) is 4.68 Å². The molecule has 0 atom stereocenters. The van der Waals surface area contributed by atoms with Crippen LogP contribution in [0.25, 0.3) is 11.0 Å². The first-order chi connectivity index (χ1) is 9.74. The molecule has 0 aliphatic carbocycles. The summed E-state index contributed by atoms with van der Waals surface area (Å²) in [4.78, 5) is 3.12. The highest BCUT2D eigenvalue weighted by Gasteiger charge is 2.05. The van der Waals surface area contributed by atoms with Gasteiger partial charge in [0, 0.05) is 5.69 Å². The molecule has 0 aliphatic heterocycles. The SMILES string of the molecule is S=C(Nc1ccccc1)Nn1c(=S)[nH]c2ccccc21. The molecule has 3 aromatic rings. The van der Waals surface area contributed by atoms with Crippen molar-refractivity contribution < 1.29 is 0 Å². The molecule has 3 rings (SSSR count). The first-order valence-corrected chi connectivity index (χ1v) is 6.88. The molecule has 1 aromatic heterocycles. The summed E-state index contributed by atoms with van der Waals surface area (Å²) in [6.07, 6.45) is 0. The zero-order valence-electron chi connectivity index (χ0n) is 10.5. The second-order valence-electron chi connectivity index (χ2n) is 4.21. The van der Waals surface area contributed by atoms with E-state index in [9.17, 15) is 0 Å². The maximum atomic E-state index is 5.30. The van der Waals surface area contributed by atoms with Gasteiger partial charge >= 0.3 is 0 Å². The maximum Gasteiger partial charge on any atom is 0.197 e. The predicted molar refractivity (Wildman–Crippen MR) is 89.1 cm³/mol. The number of benzene rings is 2. The van der Waals surface area contributed by atoms with E-state index in [0.29, 0.717) is 9.88 Å². The van der Waals surface area contributed by atoms with Gasteiger partial charge < -0.3 is 10.3 Å². The van der Waals surface area contributed by atoms with Crippen molar-refractivity contribution >= 4 is 46.3 Å². The third-order valence-electron chi connectivity index (χ3n) is 2.83. The molecular weight excluding hydrogens is 288 g/mol. The minimum absolute atomic E-state index is 0.483. The van der Waals surface area contributed by atoms with Crippen LogP contribution in [0.1, 0.15) is 0 Å². The Morgan fingerprint density at radius 1 is 1.00 bits per heavy atom. The zero-order chi connectivity index (χ0) is 13.9. The van der Waals surface area contributed by atoms with Crippen LogP contribution in [0.15, 0.2) is 54.6 Å². The van der Waals surface area contributed by atoms with Gasteiger partial charge in [-0.3, -0.25) is 5.43 Å². The van der Waals surface area contributed by atoms with Crippen LogP contribution >= 0.6 is 24.4 Å². The quantitative estimate of drug-likeness (QED) is 0.632. The monoisotopic (exact) mass is 300 g/mol. The van der Waals surface area contributed by atoms with E-state index in [-0.39, 0.29) is 0 Å².